The molecule has 0 aromatic carbocycles. The topological polar surface area (TPSA) is 27.3 Å². The highest BCUT2D eigenvalue weighted by Crippen LogP contribution is 2.20. The third-order valence-electron chi connectivity index (χ3n) is 3.52. The molecule has 0 bridgehead atoms. The highest BCUT2D eigenvalue weighted by atomic mass is 32.1. The Bertz CT molecular complexity index is 217. The van der Waals surface area contributed by atoms with E-state index in [1.54, 1.807) is 0 Å². The van der Waals surface area contributed by atoms with Crippen LogP contribution in [0, 0.1) is 0 Å². The van der Waals surface area contributed by atoms with Gasteiger partial charge in [0.25, 0.3) is 0 Å². The lowest BCUT2D eigenvalue weighted by molar-refractivity contribution is 0.168. The lowest BCUT2D eigenvalue weighted by Crippen LogP contribution is -2.55. The van der Waals surface area contributed by atoms with Crippen molar-refractivity contribution in [3.8, 4) is 0 Å². The van der Waals surface area contributed by atoms with Crippen LogP contribution in [0.4, 0.5) is 0 Å². The summed E-state index contributed by atoms with van der Waals surface area (Å²) in [6, 6.07) is 1.14. The van der Waals surface area contributed by atoms with Crippen LogP contribution in [0.15, 0.2) is 0 Å². The fourth-order valence-electron chi connectivity index (χ4n) is 2.62. The summed E-state index contributed by atoms with van der Waals surface area (Å²) in [5.41, 5.74) is 6.89. The maximum Gasteiger partial charge on any atom is 0.163 e. The van der Waals surface area contributed by atoms with Gasteiger partial charge in [0, 0.05) is 12.1 Å². The van der Waals surface area contributed by atoms with Crippen molar-refractivity contribution < 1.29 is 0 Å². The van der Waals surface area contributed by atoms with E-state index < -0.39 is 0 Å². The first kappa shape index (κ1) is 12.6. The molecule has 0 unspecified atom stereocenters. The van der Waals surface area contributed by atoms with Crippen molar-refractivity contribution in [3.63, 3.8) is 0 Å². The predicted molar refractivity (Wildman–Crippen MR) is 74.2 cm³/mol. The maximum absolute atomic E-state index is 5.15. The van der Waals surface area contributed by atoms with Crippen LogP contribution in [0.1, 0.15) is 51.4 Å². The van der Waals surface area contributed by atoms with E-state index in [2.05, 4.69) is 23.5 Å². The molecule has 0 atom stereocenters. The highest BCUT2D eigenvalue weighted by Gasteiger charge is 2.22. The number of thiocarbonyl (C=S) groups is 1. The molecule has 0 aromatic rings. The van der Waals surface area contributed by atoms with E-state index in [1.165, 1.54) is 51.4 Å². The van der Waals surface area contributed by atoms with E-state index in [4.69, 9.17) is 12.2 Å². The molecule has 5 heteroatoms. The first-order valence-electron chi connectivity index (χ1n) is 6.31. The Kier molecular flexibility index (Phi) is 4.88. The molecular formula is C11H21N3S2. The Labute approximate surface area is 109 Å². The van der Waals surface area contributed by atoms with Gasteiger partial charge in [-0.15, -0.1) is 12.6 Å². The van der Waals surface area contributed by atoms with Crippen molar-refractivity contribution in [2.75, 3.05) is 0 Å². The third kappa shape index (κ3) is 3.58. The van der Waals surface area contributed by atoms with Crippen LogP contribution in [0.5, 0.6) is 0 Å². The number of hydrogen-bond donors (Lipinski definition) is 3. The van der Waals surface area contributed by atoms with E-state index in [0.717, 1.165) is 0 Å². The van der Waals surface area contributed by atoms with E-state index in [0.29, 0.717) is 16.4 Å². The van der Waals surface area contributed by atoms with Gasteiger partial charge in [0.05, 0.1) is 0 Å². The first-order chi connectivity index (χ1) is 7.75. The van der Waals surface area contributed by atoms with Gasteiger partial charge in [0.15, 0.2) is 4.32 Å². The Morgan fingerprint density at radius 2 is 1.31 bits per heavy atom. The largest absolute Gasteiger partial charge is 0.224 e. The molecule has 2 aliphatic rings. The highest BCUT2D eigenvalue weighted by molar-refractivity contribution is 8.10. The zero-order chi connectivity index (χ0) is 11.4. The average Bonchev–Trinajstić information content (AvgIpc) is 2.88. The molecule has 2 rings (SSSR count). The zero-order valence-corrected chi connectivity index (χ0v) is 11.3. The maximum atomic E-state index is 5.15. The van der Waals surface area contributed by atoms with Gasteiger partial charge >= 0.3 is 0 Å². The Morgan fingerprint density at radius 1 is 0.938 bits per heavy atom. The number of hydrazine groups is 2. The van der Waals surface area contributed by atoms with Crippen LogP contribution in [0.2, 0.25) is 0 Å². The zero-order valence-electron chi connectivity index (χ0n) is 9.61. The fraction of sp³-hybridized carbons (Fsp3) is 0.909. The Hall–Kier alpha value is 0.160. The molecule has 0 amide bonds. The summed E-state index contributed by atoms with van der Waals surface area (Å²) in [4.78, 5) is 0. The summed E-state index contributed by atoms with van der Waals surface area (Å²) < 4.78 is 0.596. The van der Waals surface area contributed by atoms with Crippen molar-refractivity contribution in [3.05, 3.63) is 0 Å². The van der Waals surface area contributed by atoms with Gasteiger partial charge in [-0.1, -0.05) is 25.7 Å². The molecule has 0 saturated heterocycles. The van der Waals surface area contributed by atoms with E-state index in [1.807, 2.05) is 5.12 Å². The summed E-state index contributed by atoms with van der Waals surface area (Å²) >= 11 is 9.42. The van der Waals surface area contributed by atoms with Crippen LogP contribution < -0.4 is 10.9 Å². The molecule has 92 valence electrons. The van der Waals surface area contributed by atoms with Crippen molar-refractivity contribution in [2.24, 2.45) is 0 Å². The summed E-state index contributed by atoms with van der Waals surface area (Å²) in [6.45, 7) is 0. The van der Waals surface area contributed by atoms with Crippen LogP contribution in [-0.4, -0.2) is 21.5 Å². The van der Waals surface area contributed by atoms with Gasteiger partial charge in [-0.3, -0.25) is 0 Å². The van der Waals surface area contributed by atoms with Gasteiger partial charge in [-0.25, -0.2) is 16.0 Å². The molecule has 3 nitrogen and oxygen atoms in total. The molecule has 0 aromatic heterocycles. The van der Waals surface area contributed by atoms with Crippen molar-refractivity contribution in [2.45, 2.75) is 63.5 Å². The second kappa shape index (κ2) is 6.19. The minimum Gasteiger partial charge on any atom is -0.224 e. The number of thiol groups is 1. The molecule has 0 aliphatic heterocycles. The minimum atomic E-state index is 0.569. The first-order valence-corrected chi connectivity index (χ1v) is 7.16. The van der Waals surface area contributed by atoms with E-state index in [-0.39, 0.29) is 0 Å². The molecule has 2 aliphatic carbocycles. The van der Waals surface area contributed by atoms with Crippen molar-refractivity contribution >= 4 is 29.2 Å². The quantitative estimate of drug-likeness (QED) is 0.411. The number of nitrogens with one attached hydrogen (secondary N) is 2. The van der Waals surface area contributed by atoms with Crippen LogP contribution in [0.3, 0.4) is 0 Å². The third-order valence-corrected chi connectivity index (χ3v) is 3.91. The molecule has 2 N–H and O–H groups in total. The summed E-state index contributed by atoms with van der Waals surface area (Å²) in [5, 5.41) is 1.87. The second-order valence-corrected chi connectivity index (χ2v) is 5.95. The SMILES string of the molecule is S=C(S)N(NC1CCCC1)NC1CCCC1. The second-order valence-electron chi connectivity index (χ2n) is 4.84. The van der Waals surface area contributed by atoms with Gasteiger partial charge in [-0.2, -0.15) is 0 Å². The van der Waals surface area contributed by atoms with Gasteiger partial charge in [0.2, 0.25) is 0 Å². The molecule has 0 spiro atoms. The molecular weight excluding hydrogens is 238 g/mol. The monoisotopic (exact) mass is 259 g/mol. The van der Waals surface area contributed by atoms with Crippen LogP contribution in [0.25, 0.3) is 0 Å². The molecule has 0 radical (unpaired) electrons. The minimum absolute atomic E-state index is 0.569. The van der Waals surface area contributed by atoms with Gasteiger partial charge < -0.3 is 0 Å². The number of rotatable bonds is 4. The smallest absolute Gasteiger partial charge is 0.163 e. The van der Waals surface area contributed by atoms with E-state index >= 15 is 0 Å². The fourth-order valence-corrected chi connectivity index (χ4v) is 2.84. The lowest BCUT2D eigenvalue weighted by atomic mass is 10.3. The summed E-state index contributed by atoms with van der Waals surface area (Å²) in [5.74, 6) is 0. The lowest BCUT2D eigenvalue weighted by Gasteiger charge is -2.30. The molecule has 2 fully saturated rings. The Morgan fingerprint density at radius 3 is 1.62 bits per heavy atom. The van der Waals surface area contributed by atoms with Crippen LogP contribution >= 0.6 is 24.8 Å². The van der Waals surface area contributed by atoms with Crippen molar-refractivity contribution in [1.82, 2.24) is 16.0 Å². The molecule has 16 heavy (non-hydrogen) atoms. The molecule has 2 saturated carbocycles. The van der Waals surface area contributed by atoms with Gasteiger partial charge in [0.1, 0.15) is 0 Å². The number of hydrogen-bond acceptors (Lipinski definition) is 3. The number of nitrogens with zero attached hydrogens (tertiary/aromatic N) is 1. The van der Waals surface area contributed by atoms with Crippen molar-refractivity contribution in [1.29, 1.82) is 0 Å². The summed E-state index contributed by atoms with van der Waals surface area (Å²) in [6.07, 6.45) is 10.3. The average molecular weight is 259 g/mol. The normalized spacial score (nSPS) is 22.8. The van der Waals surface area contributed by atoms with E-state index in [9.17, 15) is 0 Å². The Balaban J connectivity index is 1.81. The molecule has 0 heterocycles. The van der Waals surface area contributed by atoms with Gasteiger partial charge in [-0.05, 0) is 37.9 Å². The predicted octanol–water partition coefficient (Wildman–Crippen LogP) is 2.40. The summed E-state index contributed by atoms with van der Waals surface area (Å²) in [7, 11) is 0. The van der Waals surface area contributed by atoms with Crippen LogP contribution in [-0.2, 0) is 0 Å². The standard InChI is InChI=1S/C11H21N3S2/c15-11(16)14(12-9-5-1-2-6-9)13-10-7-3-4-8-10/h9-10,12-13H,1-8H2,(H,15,16).